The monoisotopic (exact) mass is 373 g/mol. The third kappa shape index (κ3) is 4.82. The van der Waals surface area contributed by atoms with Crippen molar-refractivity contribution in [3.05, 3.63) is 59.1 Å². The molecular formula is C20H24ClN3O2. The van der Waals surface area contributed by atoms with Gasteiger partial charge in [0.2, 0.25) is 0 Å². The highest BCUT2D eigenvalue weighted by Crippen LogP contribution is 2.19. The minimum Gasteiger partial charge on any atom is -0.497 e. The van der Waals surface area contributed by atoms with Crippen LogP contribution in [0, 0.1) is 0 Å². The zero-order chi connectivity index (χ0) is 18.4. The first-order valence-electron chi connectivity index (χ1n) is 8.82. The number of anilines is 1. The van der Waals surface area contributed by atoms with Gasteiger partial charge in [-0.25, -0.2) is 4.79 Å². The van der Waals surface area contributed by atoms with E-state index in [4.69, 9.17) is 16.3 Å². The van der Waals surface area contributed by atoms with Crippen molar-refractivity contribution in [2.45, 2.75) is 6.42 Å². The number of carbonyl (C=O) groups excluding carboxylic acids is 1. The van der Waals surface area contributed by atoms with E-state index in [0.717, 1.165) is 49.1 Å². The lowest BCUT2D eigenvalue weighted by Gasteiger charge is -2.36. The first-order valence-corrected chi connectivity index (χ1v) is 9.20. The van der Waals surface area contributed by atoms with Gasteiger partial charge in [0.05, 0.1) is 7.11 Å². The Kier molecular flexibility index (Phi) is 6.23. The van der Waals surface area contributed by atoms with E-state index in [9.17, 15) is 4.79 Å². The van der Waals surface area contributed by atoms with Gasteiger partial charge in [0.25, 0.3) is 0 Å². The van der Waals surface area contributed by atoms with Crippen LogP contribution in [-0.2, 0) is 6.42 Å². The summed E-state index contributed by atoms with van der Waals surface area (Å²) in [5.41, 5.74) is 2.33. The molecule has 1 heterocycles. The number of piperazine rings is 1. The summed E-state index contributed by atoms with van der Waals surface area (Å²) in [5, 5.41) is 3.75. The van der Waals surface area contributed by atoms with Crippen molar-refractivity contribution < 1.29 is 9.53 Å². The van der Waals surface area contributed by atoms with E-state index in [1.165, 1.54) is 5.56 Å². The normalized spacial score (nSPS) is 14.2. The molecule has 1 aliphatic heterocycles. The molecule has 3 rings (SSSR count). The molecule has 26 heavy (non-hydrogen) atoms. The van der Waals surface area contributed by atoms with E-state index < -0.39 is 0 Å². The Morgan fingerprint density at radius 1 is 1.04 bits per heavy atom. The molecule has 2 aromatic carbocycles. The van der Waals surface area contributed by atoms with Crippen LogP contribution in [0.3, 0.4) is 0 Å². The average molecular weight is 374 g/mol. The number of methoxy groups -OCH3 is 1. The molecule has 6 heteroatoms. The van der Waals surface area contributed by atoms with E-state index in [0.29, 0.717) is 6.54 Å². The highest BCUT2D eigenvalue weighted by molar-refractivity contribution is 6.30. The molecule has 1 fully saturated rings. The number of nitrogens with one attached hydrogen (secondary N) is 1. The van der Waals surface area contributed by atoms with E-state index in [1.807, 2.05) is 53.4 Å². The van der Waals surface area contributed by atoms with Crippen molar-refractivity contribution in [3.8, 4) is 5.75 Å². The number of amides is 2. The second-order valence-electron chi connectivity index (χ2n) is 6.28. The van der Waals surface area contributed by atoms with Crippen LogP contribution in [0.25, 0.3) is 0 Å². The van der Waals surface area contributed by atoms with Gasteiger partial charge in [-0.3, -0.25) is 0 Å². The zero-order valence-electron chi connectivity index (χ0n) is 15.0. The number of ether oxygens (including phenoxy) is 1. The minimum absolute atomic E-state index is 0.00858. The largest absolute Gasteiger partial charge is 0.497 e. The Bertz CT molecular complexity index is 711. The molecule has 2 amide bonds. The van der Waals surface area contributed by atoms with Crippen LogP contribution in [0.4, 0.5) is 10.5 Å². The Labute approximate surface area is 159 Å². The van der Waals surface area contributed by atoms with Crippen molar-refractivity contribution in [3.63, 3.8) is 0 Å². The van der Waals surface area contributed by atoms with Crippen LogP contribution in [0.2, 0.25) is 5.02 Å². The summed E-state index contributed by atoms with van der Waals surface area (Å²) < 4.78 is 5.15. The van der Waals surface area contributed by atoms with Crippen molar-refractivity contribution in [2.24, 2.45) is 0 Å². The smallest absolute Gasteiger partial charge is 0.317 e. The fraction of sp³-hybridized carbons (Fsp3) is 0.350. The Balaban J connectivity index is 1.41. The molecule has 0 bridgehead atoms. The molecule has 0 atom stereocenters. The molecule has 1 N–H and O–H groups in total. The van der Waals surface area contributed by atoms with Gasteiger partial charge in [0, 0.05) is 43.4 Å². The number of rotatable bonds is 5. The molecule has 1 saturated heterocycles. The molecule has 1 aliphatic rings. The average Bonchev–Trinajstić information content (AvgIpc) is 2.69. The highest BCUT2D eigenvalue weighted by atomic mass is 35.5. The van der Waals surface area contributed by atoms with Crippen LogP contribution in [-0.4, -0.2) is 50.8 Å². The maximum atomic E-state index is 12.3. The maximum Gasteiger partial charge on any atom is 0.317 e. The van der Waals surface area contributed by atoms with Crippen molar-refractivity contribution >= 4 is 23.3 Å². The summed E-state index contributed by atoms with van der Waals surface area (Å²) in [7, 11) is 1.65. The van der Waals surface area contributed by atoms with Gasteiger partial charge in [-0.05, 0) is 48.4 Å². The molecule has 0 unspecified atom stereocenters. The Morgan fingerprint density at radius 3 is 2.31 bits per heavy atom. The lowest BCUT2D eigenvalue weighted by molar-refractivity contribution is 0.194. The predicted molar refractivity (Wildman–Crippen MR) is 105 cm³/mol. The molecule has 0 spiro atoms. The second kappa shape index (κ2) is 8.81. The van der Waals surface area contributed by atoms with E-state index >= 15 is 0 Å². The summed E-state index contributed by atoms with van der Waals surface area (Å²) in [4.78, 5) is 16.5. The highest BCUT2D eigenvalue weighted by Gasteiger charge is 2.20. The molecule has 0 saturated carbocycles. The van der Waals surface area contributed by atoms with Crippen LogP contribution < -0.4 is 15.0 Å². The lowest BCUT2D eigenvalue weighted by atomic mass is 10.1. The minimum atomic E-state index is 0.00858. The van der Waals surface area contributed by atoms with Gasteiger partial charge in [0.1, 0.15) is 5.75 Å². The van der Waals surface area contributed by atoms with Gasteiger partial charge in [-0.15, -0.1) is 0 Å². The van der Waals surface area contributed by atoms with Gasteiger partial charge < -0.3 is 19.9 Å². The summed E-state index contributed by atoms with van der Waals surface area (Å²) >= 11 is 5.94. The van der Waals surface area contributed by atoms with Gasteiger partial charge in [-0.1, -0.05) is 23.7 Å². The van der Waals surface area contributed by atoms with E-state index in [1.54, 1.807) is 7.11 Å². The van der Waals surface area contributed by atoms with Gasteiger partial charge in [0.15, 0.2) is 0 Å². The summed E-state index contributed by atoms with van der Waals surface area (Å²) in [6.45, 7) is 3.72. The number of hydrogen-bond acceptors (Lipinski definition) is 3. The van der Waals surface area contributed by atoms with Crippen LogP contribution in [0.5, 0.6) is 5.75 Å². The number of carbonyl (C=O) groups is 1. The number of urea groups is 1. The molecular weight excluding hydrogens is 350 g/mol. The zero-order valence-corrected chi connectivity index (χ0v) is 15.7. The van der Waals surface area contributed by atoms with Gasteiger partial charge in [-0.2, -0.15) is 0 Å². The van der Waals surface area contributed by atoms with Crippen molar-refractivity contribution in [1.29, 1.82) is 0 Å². The van der Waals surface area contributed by atoms with Crippen molar-refractivity contribution in [2.75, 3.05) is 44.7 Å². The Morgan fingerprint density at radius 2 is 1.69 bits per heavy atom. The topological polar surface area (TPSA) is 44.8 Å². The number of nitrogens with zero attached hydrogens (tertiary/aromatic N) is 2. The summed E-state index contributed by atoms with van der Waals surface area (Å²) in [6, 6.07) is 15.8. The molecule has 5 nitrogen and oxygen atoms in total. The molecule has 0 aromatic heterocycles. The second-order valence-corrected chi connectivity index (χ2v) is 6.72. The first kappa shape index (κ1) is 18.4. The SMILES string of the molecule is COc1ccc(CCNC(=O)N2CCN(c3ccc(Cl)cc3)CC2)cc1. The van der Waals surface area contributed by atoms with E-state index in [2.05, 4.69) is 10.2 Å². The predicted octanol–water partition coefficient (Wildman–Crippen LogP) is 3.42. The summed E-state index contributed by atoms with van der Waals surface area (Å²) in [6.07, 6.45) is 0.806. The van der Waals surface area contributed by atoms with Crippen molar-refractivity contribution in [1.82, 2.24) is 10.2 Å². The molecule has 0 radical (unpaired) electrons. The van der Waals surface area contributed by atoms with Crippen LogP contribution in [0.15, 0.2) is 48.5 Å². The van der Waals surface area contributed by atoms with Gasteiger partial charge >= 0.3 is 6.03 Å². The molecule has 0 aliphatic carbocycles. The number of halogens is 1. The third-order valence-corrected chi connectivity index (χ3v) is 4.86. The fourth-order valence-electron chi connectivity index (χ4n) is 3.04. The third-order valence-electron chi connectivity index (χ3n) is 4.61. The fourth-order valence-corrected chi connectivity index (χ4v) is 3.16. The van der Waals surface area contributed by atoms with Crippen LogP contribution >= 0.6 is 11.6 Å². The van der Waals surface area contributed by atoms with Crippen LogP contribution in [0.1, 0.15) is 5.56 Å². The van der Waals surface area contributed by atoms with E-state index in [-0.39, 0.29) is 6.03 Å². The quantitative estimate of drug-likeness (QED) is 0.873. The molecule has 138 valence electrons. The Hall–Kier alpha value is -2.40. The molecule has 2 aromatic rings. The first-order chi connectivity index (χ1) is 12.7. The number of hydrogen-bond donors (Lipinski definition) is 1. The lowest BCUT2D eigenvalue weighted by Crippen LogP contribution is -2.52. The summed E-state index contributed by atoms with van der Waals surface area (Å²) in [5.74, 6) is 0.844. The number of benzene rings is 2. The standard InChI is InChI=1S/C20H24ClN3O2/c1-26-19-8-2-16(3-9-19)10-11-22-20(25)24-14-12-23(13-15-24)18-6-4-17(21)5-7-18/h2-9H,10-15H2,1H3,(H,22,25). The maximum absolute atomic E-state index is 12.3.